The molecule has 8 nitrogen and oxygen atoms in total. The molecule has 0 aliphatic heterocycles. The fraction of sp³-hybridized carbons (Fsp3) is 0.727. The molecule has 0 aliphatic carbocycles. The monoisotopic (exact) mass is 276 g/mol. The van der Waals surface area contributed by atoms with Gasteiger partial charge in [0.25, 0.3) is 0 Å². The lowest BCUT2D eigenvalue weighted by Gasteiger charge is -2.19. The van der Waals surface area contributed by atoms with Gasteiger partial charge in [-0.25, -0.2) is 0 Å². The van der Waals surface area contributed by atoms with Crippen LogP contribution in [0.4, 0.5) is 0 Å². The Morgan fingerprint density at radius 1 is 1.32 bits per heavy atom. The first-order chi connectivity index (χ1) is 8.77. The predicted molar refractivity (Wildman–Crippen MR) is 65.0 cm³/mol. The van der Waals surface area contributed by atoms with Crippen LogP contribution in [0.15, 0.2) is 0 Å². The lowest BCUT2D eigenvalue weighted by molar-refractivity contribution is -0.149. The molecule has 0 spiro atoms. The molecule has 19 heavy (non-hydrogen) atoms. The van der Waals surface area contributed by atoms with Crippen molar-refractivity contribution in [3.63, 3.8) is 0 Å². The summed E-state index contributed by atoms with van der Waals surface area (Å²) >= 11 is 0. The van der Waals surface area contributed by atoms with Crippen molar-refractivity contribution >= 4 is 17.8 Å². The minimum atomic E-state index is -1.22. The van der Waals surface area contributed by atoms with Gasteiger partial charge in [-0.15, -0.1) is 0 Å². The number of ether oxygens (including phenoxy) is 1. The molecule has 2 unspecified atom stereocenters. The second-order valence-corrected chi connectivity index (χ2v) is 4.38. The molecule has 0 aliphatic rings. The Hall–Kier alpha value is -1.67. The lowest BCUT2D eigenvalue weighted by Crippen LogP contribution is -2.49. The molecule has 0 bridgehead atoms. The quantitative estimate of drug-likeness (QED) is 0.394. The van der Waals surface area contributed by atoms with Crippen LogP contribution in [0.3, 0.4) is 0 Å². The minimum Gasteiger partial charge on any atom is -0.481 e. The molecule has 8 heteroatoms. The van der Waals surface area contributed by atoms with Crippen LogP contribution in [-0.4, -0.2) is 53.4 Å². The number of carboxylic acids is 1. The lowest BCUT2D eigenvalue weighted by atomic mass is 10.2. The van der Waals surface area contributed by atoms with Crippen LogP contribution in [0.1, 0.15) is 20.3 Å². The first-order valence-corrected chi connectivity index (χ1v) is 5.83. The molecule has 0 fully saturated rings. The van der Waals surface area contributed by atoms with E-state index in [0.717, 1.165) is 0 Å². The van der Waals surface area contributed by atoms with E-state index in [0.29, 0.717) is 0 Å². The van der Waals surface area contributed by atoms with E-state index >= 15 is 0 Å². The van der Waals surface area contributed by atoms with E-state index in [1.54, 1.807) is 13.8 Å². The molecule has 0 radical (unpaired) electrons. The highest BCUT2D eigenvalue weighted by Gasteiger charge is 2.21. The smallest absolute Gasteiger partial charge is 0.308 e. The number of carbonyl (C=O) groups excluding carboxylic acids is 2. The van der Waals surface area contributed by atoms with Crippen LogP contribution in [0.2, 0.25) is 0 Å². The summed E-state index contributed by atoms with van der Waals surface area (Å²) in [6.07, 6.45) is -0.518. The molecule has 0 rings (SSSR count). The highest BCUT2D eigenvalue weighted by atomic mass is 16.5. The van der Waals surface area contributed by atoms with E-state index in [9.17, 15) is 14.4 Å². The number of aliphatic hydroxyl groups is 1. The van der Waals surface area contributed by atoms with E-state index in [1.807, 2.05) is 0 Å². The van der Waals surface area contributed by atoms with Crippen molar-refractivity contribution in [2.45, 2.75) is 32.4 Å². The van der Waals surface area contributed by atoms with E-state index in [2.05, 4.69) is 5.32 Å². The molecule has 5 N–H and O–H groups in total. The van der Waals surface area contributed by atoms with Gasteiger partial charge in [-0.3, -0.25) is 14.4 Å². The van der Waals surface area contributed by atoms with E-state index < -0.39 is 43.0 Å². The largest absolute Gasteiger partial charge is 0.481 e. The molecular weight excluding hydrogens is 256 g/mol. The fourth-order valence-electron chi connectivity index (χ4n) is 1.08. The summed E-state index contributed by atoms with van der Waals surface area (Å²) in [5.41, 5.74) is 5.34. The summed E-state index contributed by atoms with van der Waals surface area (Å²) < 4.78 is 4.85. The summed E-state index contributed by atoms with van der Waals surface area (Å²) in [7, 11) is 0. The van der Waals surface area contributed by atoms with Crippen LogP contribution in [0.25, 0.3) is 0 Å². The maximum Gasteiger partial charge on any atom is 0.308 e. The van der Waals surface area contributed by atoms with E-state index in [4.69, 9.17) is 20.7 Å². The van der Waals surface area contributed by atoms with Crippen molar-refractivity contribution < 1.29 is 29.3 Å². The predicted octanol–water partition coefficient (Wildman–Crippen LogP) is -1.54. The third-order valence-corrected chi connectivity index (χ3v) is 2.20. The number of hydrogen-bond acceptors (Lipinski definition) is 6. The number of carbonyl (C=O) groups is 3. The number of nitrogens with two attached hydrogens (primary N) is 1. The Morgan fingerprint density at radius 3 is 2.32 bits per heavy atom. The molecule has 2 atom stereocenters. The van der Waals surface area contributed by atoms with Gasteiger partial charge in [-0.05, 0) is 0 Å². The fourth-order valence-corrected chi connectivity index (χ4v) is 1.08. The van der Waals surface area contributed by atoms with Gasteiger partial charge < -0.3 is 26.0 Å². The van der Waals surface area contributed by atoms with Crippen molar-refractivity contribution in [1.29, 1.82) is 0 Å². The van der Waals surface area contributed by atoms with Crippen LogP contribution < -0.4 is 11.1 Å². The van der Waals surface area contributed by atoms with Crippen molar-refractivity contribution in [3.05, 3.63) is 0 Å². The van der Waals surface area contributed by atoms with Crippen LogP contribution in [0.5, 0.6) is 0 Å². The standard InChI is InChI=1S/C11H20N2O6/c1-6(2)11(18)19-5-7(4-14)13-10(17)8(12)3-9(15)16/h6-8,14H,3-5,12H2,1-2H3,(H,13,17)(H,15,16). The highest BCUT2D eigenvalue weighted by Crippen LogP contribution is 1.98. The van der Waals surface area contributed by atoms with Gasteiger partial charge in [0.2, 0.25) is 5.91 Å². The average molecular weight is 276 g/mol. The van der Waals surface area contributed by atoms with E-state index in [-0.39, 0.29) is 12.5 Å². The van der Waals surface area contributed by atoms with Crippen molar-refractivity contribution in [2.24, 2.45) is 11.7 Å². The van der Waals surface area contributed by atoms with Gasteiger partial charge >= 0.3 is 11.9 Å². The van der Waals surface area contributed by atoms with Gasteiger partial charge in [0, 0.05) is 0 Å². The summed E-state index contributed by atoms with van der Waals surface area (Å²) in [5.74, 6) is -2.69. The maximum atomic E-state index is 11.5. The molecule has 0 aromatic heterocycles. The summed E-state index contributed by atoms with van der Waals surface area (Å²) in [4.78, 5) is 33.1. The first kappa shape index (κ1) is 17.3. The van der Waals surface area contributed by atoms with Gasteiger partial charge in [-0.1, -0.05) is 13.8 Å². The number of amides is 1. The maximum absolute atomic E-state index is 11.5. The zero-order chi connectivity index (χ0) is 15.0. The van der Waals surface area contributed by atoms with Crippen LogP contribution in [-0.2, 0) is 19.1 Å². The minimum absolute atomic E-state index is 0.195. The normalized spacial score (nSPS) is 13.7. The number of carboxylic acid groups (broad SMARTS) is 1. The molecule has 110 valence electrons. The number of nitrogens with one attached hydrogen (secondary N) is 1. The molecule has 0 saturated carbocycles. The number of hydrogen-bond donors (Lipinski definition) is 4. The third kappa shape index (κ3) is 7.37. The van der Waals surface area contributed by atoms with Gasteiger partial charge in [-0.2, -0.15) is 0 Å². The third-order valence-electron chi connectivity index (χ3n) is 2.20. The second-order valence-electron chi connectivity index (χ2n) is 4.38. The summed E-state index contributed by atoms with van der Waals surface area (Å²) in [5, 5.41) is 19.8. The van der Waals surface area contributed by atoms with Gasteiger partial charge in [0.05, 0.1) is 31.0 Å². The molecule has 1 amide bonds. The van der Waals surface area contributed by atoms with Crippen molar-refractivity contribution in [1.82, 2.24) is 5.32 Å². The summed E-state index contributed by atoms with van der Waals surface area (Å²) in [6, 6.07) is -2.03. The zero-order valence-electron chi connectivity index (χ0n) is 11.0. The average Bonchev–Trinajstić information content (AvgIpc) is 2.32. The molecule has 0 aromatic rings. The Balaban J connectivity index is 4.21. The van der Waals surface area contributed by atoms with Crippen LogP contribution in [0, 0.1) is 5.92 Å². The molecule has 0 aromatic carbocycles. The Morgan fingerprint density at radius 2 is 1.89 bits per heavy atom. The Kier molecular flexibility index (Phi) is 7.69. The van der Waals surface area contributed by atoms with Crippen molar-refractivity contribution in [3.8, 4) is 0 Å². The topological polar surface area (TPSA) is 139 Å². The zero-order valence-corrected chi connectivity index (χ0v) is 11.0. The first-order valence-electron chi connectivity index (χ1n) is 5.83. The SMILES string of the molecule is CC(C)C(=O)OCC(CO)NC(=O)C(N)CC(=O)O. The number of rotatable bonds is 8. The highest BCUT2D eigenvalue weighted by molar-refractivity contribution is 5.86. The Bertz CT molecular complexity index is 331. The van der Waals surface area contributed by atoms with Crippen LogP contribution >= 0.6 is 0 Å². The summed E-state index contributed by atoms with van der Waals surface area (Å²) in [6.45, 7) is 2.66. The number of aliphatic carboxylic acids is 1. The molecule has 0 saturated heterocycles. The molecule has 0 heterocycles. The van der Waals surface area contributed by atoms with Crippen molar-refractivity contribution in [2.75, 3.05) is 13.2 Å². The number of esters is 1. The van der Waals surface area contributed by atoms with Gasteiger partial charge in [0.15, 0.2) is 0 Å². The van der Waals surface area contributed by atoms with E-state index in [1.165, 1.54) is 0 Å². The number of aliphatic hydroxyl groups excluding tert-OH is 1. The molecular formula is C11H20N2O6. The second kappa shape index (κ2) is 8.44. The Labute approximate surface area is 110 Å². The van der Waals surface area contributed by atoms with Gasteiger partial charge in [0.1, 0.15) is 6.61 Å².